The lowest BCUT2D eigenvalue weighted by molar-refractivity contribution is 0.0685. The van der Waals surface area contributed by atoms with E-state index in [1.807, 2.05) is 12.3 Å². The van der Waals surface area contributed by atoms with E-state index >= 15 is 0 Å². The minimum absolute atomic E-state index is 0.0644. The molecule has 0 aliphatic carbocycles. The molecular weight excluding hydrogens is 198 g/mol. The maximum atomic E-state index is 10.5. The predicted molar refractivity (Wildman–Crippen MR) is 49.4 cm³/mol. The SMILES string of the molecule is O=C(O)c1cc(CCn2cccn2)on1. The molecule has 0 aliphatic rings. The van der Waals surface area contributed by atoms with Gasteiger partial charge in [0.15, 0.2) is 5.69 Å². The molecule has 0 saturated carbocycles. The van der Waals surface area contributed by atoms with Gasteiger partial charge >= 0.3 is 5.97 Å². The second-order valence-corrected chi connectivity index (χ2v) is 3.00. The third-order valence-corrected chi connectivity index (χ3v) is 1.92. The molecule has 2 rings (SSSR count). The van der Waals surface area contributed by atoms with E-state index in [1.165, 1.54) is 6.07 Å². The van der Waals surface area contributed by atoms with Crippen molar-refractivity contribution in [2.24, 2.45) is 0 Å². The normalized spacial score (nSPS) is 10.4. The molecule has 0 atom stereocenters. The predicted octanol–water partition coefficient (Wildman–Crippen LogP) is 0.812. The van der Waals surface area contributed by atoms with Gasteiger partial charge < -0.3 is 9.63 Å². The third-order valence-electron chi connectivity index (χ3n) is 1.92. The number of aryl methyl sites for hydroxylation is 2. The summed E-state index contributed by atoms with van der Waals surface area (Å²) in [7, 11) is 0. The van der Waals surface area contributed by atoms with Crippen LogP contribution in [0.3, 0.4) is 0 Å². The Bertz CT molecular complexity index is 447. The summed E-state index contributed by atoms with van der Waals surface area (Å²) in [6.07, 6.45) is 4.08. The largest absolute Gasteiger partial charge is 0.476 e. The Labute approximate surface area is 85.1 Å². The van der Waals surface area contributed by atoms with Gasteiger partial charge in [0.05, 0.1) is 0 Å². The number of carbonyl (C=O) groups is 1. The molecule has 6 heteroatoms. The summed E-state index contributed by atoms with van der Waals surface area (Å²) in [6, 6.07) is 3.24. The molecule has 0 unspecified atom stereocenters. The van der Waals surface area contributed by atoms with Gasteiger partial charge in [-0.2, -0.15) is 5.10 Å². The fraction of sp³-hybridized carbons (Fsp3) is 0.222. The van der Waals surface area contributed by atoms with E-state index in [0.717, 1.165) is 0 Å². The molecule has 0 saturated heterocycles. The van der Waals surface area contributed by atoms with Crippen LogP contribution in [0.5, 0.6) is 0 Å². The molecule has 2 heterocycles. The van der Waals surface area contributed by atoms with Crippen LogP contribution in [0.25, 0.3) is 0 Å². The van der Waals surface area contributed by atoms with Gasteiger partial charge in [0, 0.05) is 31.4 Å². The van der Waals surface area contributed by atoms with Gasteiger partial charge in [0.25, 0.3) is 0 Å². The van der Waals surface area contributed by atoms with Crippen LogP contribution in [0.15, 0.2) is 29.0 Å². The summed E-state index contributed by atoms with van der Waals surface area (Å²) >= 11 is 0. The van der Waals surface area contributed by atoms with Crippen molar-refractivity contribution in [2.45, 2.75) is 13.0 Å². The maximum Gasteiger partial charge on any atom is 0.358 e. The Balaban J connectivity index is 1.96. The fourth-order valence-electron chi connectivity index (χ4n) is 1.19. The van der Waals surface area contributed by atoms with Crippen LogP contribution >= 0.6 is 0 Å². The van der Waals surface area contributed by atoms with Crippen molar-refractivity contribution in [3.05, 3.63) is 36.0 Å². The Kier molecular flexibility index (Phi) is 2.49. The molecule has 0 amide bonds. The summed E-state index contributed by atoms with van der Waals surface area (Å²) in [5.74, 6) is -0.535. The summed E-state index contributed by atoms with van der Waals surface area (Å²) in [5, 5.41) is 16.0. The van der Waals surface area contributed by atoms with E-state index in [4.69, 9.17) is 9.63 Å². The number of carboxylic acids is 1. The van der Waals surface area contributed by atoms with Crippen LogP contribution in [0, 0.1) is 0 Å². The van der Waals surface area contributed by atoms with Gasteiger partial charge in [0.1, 0.15) is 5.76 Å². The first-order valence-electron chi connectivity index (χ1n) is 4.42. The summed E-state index contributed by atoms with van der Waals surface area (Å²) < 4.78 is 6.59. The van der Waals surface area contributed by atoms with E-state index in [0.29, 0.717) is 18.7 Å². The molecule has 15 heavy (non-hydrogen) atoms. The minimum atomic E-state index is -1.08. The molecule has 0 aliphatic heterocycles. The smallest absolute Gasteiger partial charge is 0.358 e. The van der Waals surface area contributed by atoms with E-state index in [2.05, 4.69) is 10.3 Å². The Morgan fingerprint density at radius 1 is 1.60 bits per heavy atom. The highest BCUT2D eigenvalue weighted by Gasteiger charge is 2.10. The van der Waals surface area contributed by atoms with Crippen molar-refractivity contribution < 1.29 is 14.4 Å². The van der Waals surface area contributed by atoms with Gasteiger partial charge in [-0.25, -0.2) is 4.79 Å². The van der Waals surface area contributed by atoms with Crippen molar-refractivity contribution in [3.8, 4) is 0 Å². The first-order chi connectivity index (χ1) is 7.25. The van der Waals surface area contributed by atoms with Crippen molar-refractivity contribution in [2.75, 3.05) is 0 Å². The monoisotopic (exact) mass is 207 g/mol. The maximum absolute atomic E-state index is 10.5. The van der Waals surface area contributed by atoms with Crippen LogP contribution < -0.4 is 0 Å². The number of aromatic carboxylic acids is 1. The van der Waals surface area contributed by atoms with Gasteiger partial charge in [-0.3, -0.25) is 4.68 Å². The second kappa shape index (κ2) is 3.95. The van der Waals surface area contributed by atoms with Crippen molar-refractivity contribution in [3.63, 3.8) is 0 Å². The average Bonchev–Trinajstić information content (AvgIpc) is 2.86. The molecule has 2 aromatic rings. The lowest BCUT2D eigenvalue weighted by Crippen LogP contribution is -2.00. The van der Waals surface area contributed by atoms with Crippen LogP contribution in [0.1, 0.15) is 16.2 Å². The zero-order valence-electron chi connectivity index (χ0n) is 7.83. The lowest BCUT2D eigenvalue weighted by Gasteiger charge is -1.96. The van der Waals surface area contributed by atoms with Crippen LogP contribution in [0.2, 0.25) is 0 Å². The van der Waals surface area contributed by atoms with Crippen molar-refractivity contribution >= 4 is 5.97 Å². The molecule has 6 nitrogen and oxygen atoms in total. The Morgan fingerprint density at radius 2 is 2.47 bits per heavy atom. The summed E-state index contributed by atoms with van der Waals surface area (Å²) in [4.78, 5) is 10.5. The Morgan fingerprint density at radius 3 is 3.07 bits per heavy atom. The van der Waals surface area contributed by atoms with Gasteiger partial charge in [-0.1, -0.05) is 5.16 Å². The number of nitrogens with zero attached hydrogens (tertiary/aromatic N) is 3. The van der Waals surface area contributed by atoms with E-state index in [-0.39, 0.29) is 5.69 Å². The fourth-order valence-corrected chi connectivity index (χ4v) is 1.19. The van der Waals surface area contributed by atoms with E-state index < -0.39 is 5.97 Å². The molecule has 0 aromatic carbocycles. The zero-order valence-corrected chi connectivity index (χ0v) is 7.83. The molecule has 0 fully saturated rings. The summed E-state index contributed by atoms with van der Waals surface area (Å²) in [6.45, 7) is 0.640. The number of rotatable bonds is 4. The lowest BCUT2D eigenvalue weighted by atomic mass is 10.3. The number of hydrogen-bond donors (Lipinski definition) is 1. The Hall–Kier alpha value is -2.11. The van der Waals surface area contributed by atoms with Gasteiger partial charge in [-0.15, -0.1) is 0 Å². The average molecular weight is 207 g/mol. The topological polar surface area (TPSA) is 81.1 Å². The molecule has 78 valence electrons. The molecule has 1 N–H and O–H groups in total. The molecule has 2 aromatic heterocycles. The number of carboxylic acid groups (broad SMARTS) is 1. The van der Waals surface area contributed by atoms with Crippen molar-refractivity contribution in [1.29, 1.82) is 0 Å². The number of hydrogen-bond acceptors (Lipinski definition) is 4. The van der Waals surface area contributed by atoms with E-state index in [1.54, 1.807) is 10.9 Å². The van der Waals surface area contributed by atoms with E-state index in [9.17, 15) is 4.79 Å². The zero-order chi connectivity index (χ0) is 10.7. The first-order valence-corrected chi connectivity index (χ1v) is 4.42. The standard InChI is InChI=1S/C9H9N3O3/c13-9(14)8-6-7(15-11-8)2-5-12-4-1-3-10-12/h1,3-4,6H,2,5H2,(H,13,14). The van der Waals surface area contributed by atoms with Crippen LogP contribution in [-0.2, 0) is 13.0 Å². The molecule has 0 bridgehead atoms. The third kappa shape index (κ3) is 2.22. The van der Waals surface area contributed by atoms with Gasteiger partial charge in [0.2, 0.25) is 0 Å². The minimum Gasteiger partial charge on any atom is -0.476 e. The van der Waals surface area contributed by atoms with Crippen molar-refractivity contribution in [1.82, 2.24) is 14.9 Å². The van der Waals surface area contributed by atoms with Crippen LogP contribution in [0.4, 0.5) is 0 Å². The quantitative estimate of drug-likeness (QED) is 0.802. The van der Waals surface area contributed by atoms with Crippen LogP contribution in [-0.4, -0.2) is 26.0 Å². The molecular formula is C9H9N3O3. The highest BCUT2D eigenvalue weighted by atomic mass is 16.5. The first kappa shape index (κ1) is 9.45. The van der Waals surface area contributed by atoms with Gasteiger partial charge in [-0.05, 0) is 6.07 Å². The molecule has 0 spiro atoms. The second-order valence-electron chi connectivity index (χ2n) is 3.00. The highest BCUT2D eigenvalue weighted by molar-refractivity contribution is 5.85. The summed E-state index contributed by atoms with van der Waals surface area (Å²) in [5.41, 5.74) is -0.0644. The highest BCUT2D eigenvalue weighted by Crippen LogP contribution is 2.05. The number of aromatic nitrogens is 3. The molecule has 0 radical (unpaired) electrons.